The van der Waals surface area contributed by atoms with E-state index in [9.17, 15) is 13.5 Å². The number of nitrogens with one attached hydrogen (secondary N) is 2. The first-order chi connectivity index (χ1) is 9.42. The van der Waals surface area contributed by atoms with E-state index in [2.05, 4.69) is 10.0 Å². The second-order valence-corrected chi connectivity index (χ2v) is 7.06. The summed E-state index contributed by atoms with van der Waals surface area (Å²) in [7, 11) is -2.10. The number of rotatable bonds is 5. The quantitative estimate of drug-likeness (QED) is 0.601. The molecule has 2 atom stereocenters. The molecule has 2 rings (SSSR count). The average molecular weight is 299 g/mol. The molecule has 1 aromatic carbocycles. The molecular formula is C13H21N3O3S. The third kappa shape index (κ3) is 3.41. The summed E-state index contributed by atoms with van der Waals surface area (Å²) >= 11 is 0. The zero-order chi connectivity index (χ0) is 14.8. The van der Waals surface area contributed by atoms with Gasteiger partial charge < -0.3 is 16.2 Å². The minimum atomic E-state index is -3.47. The second-order valence-electron chi connectivity index (χ2n) is 5.17. The lowest BCUT2D eigenvalue weighted by molar-refractivity contribution is 0.178. The van der Waals surface area contributed by atoms with Crippen LogP contribution in [0.25, 0.3) is 0 Å². The summed E-state index contributed by atoms with van der Waals surface area (Å²) in [6.07, 6.45) is 2.37. The van der Waals surface area contributed by atoms with Crippen LogP contribution in [0.1, 0.15) is 19.3 Å². The van der Waals surface area contributed by atoms with E-state index in [1.54, 1.807) is 6.07 Å². The van der Waals surface area contributed by atoms with E-state index in [0.717, 1.165) is 19.3 Å². The molecule has 2 unspecified atom stereocenters. The normalized spacial score (nSPS) is 22.9. The molecule has 1 aliphatic rings. The van der Waals surface area contributed by atoms with Gasteiger partial charge in [-0.3, -0.25) is 0 Å². The highest BCUT2D eigenvalue weighted by atomic mass is 32.2. The Hall–Kier alpha value is -1.31. The van der Waals surface area contributed by atoms with Gasteiger partial charge in [-0.05, 0) is 50.4 Å². The SMILES string of the molecule is CNS(=O)(=O)c1ccc(N)c(NCC2CCC(O)C2)c1. The van der Waals surface area contributed by atoms with Gasteiger partial charge in [0.25, 0.3) is 0 Å². The highest BCUT2D eigenvalue weighted by molar-refractivity contribution is 7.89. The van der Waals surface area contributed by atoms with Crippen molar-refractivity contribution < 1.29 is 13.5 Å². The average Bonchev–Trinajstić information content (AvgIpc) is 2.83. The molecule has 7 heteroatoms. The molecule has 112 valence electrons. The first-order valence-corrected chi connectivity index (χ1v) is 8.15. The fourth-order valence-corrected chi connectivity index (χ4v) is 3.22. The monoisotopic (exact) mass is 299 g/mol. The maximum atomic E-state index is 11.8. The number of nitrogens with two attached hydrogens (primary N) is 1. The molecule has 1 saturated carbocycles. The molecule has 0 radical (unpaired) electrons. The number of anilines is 2. The number of hydrogen-bond acceptors (Lipinski definition) is 5. The molecule has 5 N–H and O–H groups in total. The molecular weight excluding hydrogens is 278 g/mol. The summed E-state index contributed by atoms with van der Waals surface area (Å²) in [6, 6.07) is 4.59. The maximum absolute atomic E-state index is 11.8. The van der Waals surface area contributed by atoms with Crippen molar-refractivity contribution in [2.24, 2.45) is 5.92 Å². The fraction of sp³-hybridized carbons (Fsp3) is 0.538. The minimum absolute atomic E-state index is 0.183. The first kappa shape index (κ1) is 15.1. The molecule has 20 heavy (non-hydrogen) atoms. The lowest BCUT2D eigenvalue weighted by Crippen LogP contribution is -2.19. The Morgan fingerprint density at radius 3 is 2.75 bits per heavy atom. The van der Waals surface area contributed by atoms with Crippen molar-refractivity contribution in [2.45, 2.75) is 30.3 Å². The molecule has 0 aliphatic heterocycles. The Kier molecular flexibility index (Phi) is 4.52. The second kappa shape index (κ2) is 5.99. The van der Waals surface area contributed by atoms with Crippen LogP contribution in [0.3, 0.4) is 0 Å². The Bertz CT molecular complexity index is 574. The number of benzene rings is 1. The zero-order valence-electron chi connectivity index (χ0n) is 11.5. The van der Waals surface area contributed by atoms with E-state index >= 15 is 0 Å². The van der Waals surface area contributed by atoms with E-state index in [1.807, 2.05) is 0 Å². The summed E-state index contributed by atoms with van der Waals surface area (Å²) < 4.78 is 25.8. The number of hydrogen-bond donors (Lipinski definition) is 4. The Morgan fingerprint density at radius 2 is 2.15 bits per heavy atom. The van der Waals surface area contributed by atoms with Gasteiger partial charge in [-0.15, -0.1) is 0 Å². The van der Waals surface area contributed by atoms with Crippen molar-refractivity contribution in [1.29, 1.82) is 0 Å². The topological polar surface area (TPSA) is 104 Å². The standard InChI is InChI=1S/C13H21N3O3S/c1-15-20(18,19)11-4-5-12(14)13(7-11)16-8-9-2-3-10(17)6-9/h4-5,7,9-10,15-17H,2-3,6,8,14H2,1H3. The van der Waals surface area contributed by atoms with Crippen molar-refractivity contribution in [1.82, 2.24) is 4.72 Å². The molecule has 0 amide bonds. The van der Waals surface area contributed by atoms with E-state index in [0.29, 0.717) is 23.8 Å². The Labute approximate surface area is 119 Å². The van der Waals surface area contributed by atoms with Crippen molar-refractivity contribution in [3.8, 4) is 0 Å². The van der Waals surface area contributed by atoms with Crippen molar-refractivity contribution in [3.63, 3.8) is 0 Å². The van der Waals surface area contributed by atoms with Crippen molar-refractivity contribution in [3.05, 3.63) is 18.2 Å². The molecule has 1 aliphatic carbocycles. The van der Waals surface area contributed by atoms with Gasteiger partial charge in [0, 0.05) is 6.54 Å². The van der Waals surface area contributed by atoms with Crippen LogP contribution in [0.5, 0.6) is 0 Å². The lowest BCUT2D eigenvalue weighted by atomic mass is 10.1. The lowest BCUT2D eigenvalue weighted by Gasteiger charge is -2.15. The van der Waals surface area contributed by atoms with Gasteiger partial charge in [-0.25, -0.2) is 13.1 Å². The van der Waals surface area contributed by atoms with Crippen LogP contribution < -0.4 is 15.8 Å². The molecule has 0 spiro atoms. The zero-order valence-corrected chi connectivity index (χ0v) is 12.3. The third-order valence-electron chi connectivity index (χ3n) is 3.70. The highest BCUT2D eigenvalue weighted by Gasteiger charge is 2.22. The Morgan fingerprint density at radius 1 is 1.40 bits per heavy atom. The minimum Gasteiger partial charge on any atom is -0.397 e. The van der Waals surface area contributed by atoms with Crippen LogP contribution in [0.4, 0.5) is 11.4 Å². The molecule has 0 aromatic heterocycles. The predicted octanol–water partition coefficient (Wildman–Crippen LogP) is 0.750. The smallest absolute Gasteiger partial charge is 0.240 e. The molecule has 1 fully saturated rings. The summed E-state index contributed by atoms with van der Waals surface area (Å²) in [5, 5.41) is 12.7. The molecule has 6 nitrogen and oxygen atoms in total. The van der Waals surface area contributed by atoms with E-state index in [4.69, 9.17) is 5.73 Å². The van der Waals surface area contributed by atoms with E-state index in [-0.39, 0.29) is 11.0 Å². The van der Waals surface area contributed by atoms with Crippen LogP contribution in [0, 0.1) is 5.92 Å². The summed E-state index contributed by atoms with van der Waals surface area (Å²) in [5.41, 5.74) is 6.99. The summed E-state index contributed by atoms with van der Waals surface area (Å²) in [4.78, 5) is 0.183. The highest BCUT2D eigenvalue weighted by Crippen LogP contribution is 2.28. The first-order valence-electron chi connectivity index (χ1n) is 6.67. The van der Waals surface area contributed by atoms with Gasteiger partial charge in [0.1, 0.15) is 0 Å². The molecule has 0 heterocycles. The van der Waals surface area contributed by atoms with E-state index in [1.165, 1.54) is 19.2 Å². The van der Waals surface area contributed by atoms with Crippen molar-refractivity contribution >= 4 is 21.4 Å². The van der Waals surface area contributed by atoms with Crippen LogP contribution in [0.15, 0.2) is 23.1 Å². The van der Waals surface area contributed by atoms with Crippen LogP contribution in [-0.2, 0) is 10.0 Å². The number of aliphatic hydroxyl groups is 1. The largest absolute Gasteiger partial charge is 0.397 e. The number of nitrogen functional groups attached to an aromatic ring is 1. The van der Waals surface area contributed by atoms with Crippen LogP contribution in [0.2, 0.25) is 0 Å². The molecule has 0 saturated heterocycles. The van der Waals surface area contributed by atoms with E-state index < -0.39 is 10.0 Å². The van der Waals surface area contributed by atoms with Crippen LogP contribution in [-0.4, -0.2) is 33.2 Å². The molecule has 1 aromatic rings. The molecule has 0 bridgehead atoms. The third-order valence-corrected chi connectivity index (χ3v) is 5.11. The predicted molar refractivity (Wildman–Crippen MR) is 78.9 cm³/mol. The van der Waals surface area contributed by atoms with Gasteiger partial charge in [0.15, 0.2) is 0 Å². The van der Waals surface area contributed by atoms with Gasteiger partial charge >= 0.3 is 0 Å². The summed E-state index contributed by atoms with van der Waals surface area (Å²) in [6.45, 7) is 0.685. The number of aliphatic hydroxyl groups excluding tert-OH is 1. The van der Waals surface area contributed by atoms with Gasteiger partial charge in [0.05, 0.1) is 22.4 Å². The van der Waals surface area contributed by atoms with Crippen molar-refractivity contribution in [2.75, 3.05) is 24.6 Å². The van der Waals surface area contributed by atoms with Crippen LogP contribution >= 0.6 is 0 Å². The van der Waals surface area contributed by atoms with Gasteiger partial charge in [0.2, 0.25) is 10.0 Å². The van der Waals surface area contributed by atoms with Gasteiger partial charge in [-0.1, -0.05) is 0 Å². The summed E-state index contributed by atoms with van der Waals surface area (Å²) in [5.74, 6) is 0.397. The van der Waals surface area contributed by atoms with Gasteiger partial charge in [-0.2, -0.15) is 0 Å². The maximum Gasteiger partial charge on any atom is 0.240 e. The Balaban J connectivity index is 2.09. The number of sulfonamides is 1. The fourth-order valence-electron chi connectivity index (χ4n) is 2.46.